The van der Waals surface area contributed by atoms with Crippen molar-refractivity contribution in [2.75, 3.05) is 30.4 Å². The predicted molar refractivity (Wildman–Crippen MR) is 148 cm³/mol. The molecule has 2 N–H and O–H groups in total. The second kappa shape index (κ2) is 11.5. The molecule has 0 spiro atoms. The van der Waals surface area contributed by atoms with Gasteiger partial charge in [-0.05, 0) is 50.1 Å². The third kappa shape index (κ3) is 5.94. The number of piperidine rings is 1. The lowest BCUT2D eigenvalue weighted by molar-refractivity contribution is -0.125. The first-order valence-corrected chi connectivity index (χ1v) is 13.4. The summed E-state index contributed by atoms with van der Waals surface area (Å²) in [5.41, 5.74) is 4.43. The summed E-state index contributed by atoms with van der Waals surface area (Å²) in [5, 5.41) is 17.2. The van der Waals surface area contributed by atoms with Gasteiger partial charge in [-0.2, -0.15) is 0 Å². The van der Waals surface area contributed by atoms with Crippen LogP contribution in [0.25, 0.3) is 5.13 Å². The molecule has 37 heavy (non-hydrogen) atoms. The molecule has 8 nitrogen and oxygen atoms in total. The maximum absolute atomic E-state index is 12.8. The molecular formula is C28H32N6O2S. The normalized spacial score (nSPS) is 13.9. The summed E-state index contributed by atoms with van der Waals surface area (Å²) in [6, 6.07) is 20.3. The van der Waals surface area contributed by atoms with Gasteiger partial charge >= 0.3 is 0 Å². The monoisotopic (exact) mass is 516 g/mol. The van der Waals surface area contributed by atoms with E-state index in [4.69, 9.17) is 4.74 Å². The fraction of sp³-hybridized carbons (Fsp3) is 0.321. The number of rotatable bonds is 9. The summed E-state index contributed by atoms with van der Waals surface area (Å²) < 4.78 is 7.47. The van der Waals surface area contributed by atoms with Crippen molar-refractivity contribution < 1.29 is 9.53 Å². The first-order valence-electron chi connectivity index (χ1n) is 12.6. The van der Waals surface area contributed by atoms with Crippen LogP contribution >= 0.6 is 11.3 Å². The van der Waals surface area contributed by atoms with Crippen molar-refractivity contribution >= 4 is 28.1 Å². The minimum atomic E-state index is 0.00208. The van der Waals surface area contributed by atoms with Crippen LogP contribution in [0.4, 0.5) is 10.8 Å². The van der Waals surface area contributed by atoms with Crippen LogP contribution in [-0.4, -0.2) is 40.9 Å². The summed E-state index contributed by atoms with van der Waals surface area (Å²) in [5.74, 6) is 0.894. The minimum absolute atomic E-state index is 0.00208. The average Bonchev–Trinajstić information content (AvgIpc) is 3.61. The number of hydrogen-bond acceptors (Lipinski definition) is 7. The highest BCUT2D eigenvalue weighted by molar-refractivity contribution is 7.17. The Balaban J connectivity index is 1.14. The number of para-hydroxylation sites is 1. The number of anilines is 2. The number of nitrogens with one attached hydrogen (secondary N) is 2. The Hall–Kier alpha value is -3.85. The van der Waals surface area contributed by atoms with E-state index >= 15 is 0 Å². The van der Waals surface area contributed by atoms with Crippen LogP contribution in [0.1, 0.15) is 29.7 Å². The number of carbonyl (C=O) groups excluding carboxylic acids is 1. The molecule has 1 aliphatic rings. The largest absolute Gasteiger partial charge is 0.496 e. The molecule has 0 aliphatic carbocycles. The second-order valence-corrected chi connectivity index (χ2v) is 10.2. The molecule has 2 aromatic carbocycles. The van der Waals surface area contributed by atoms with E-state index in [1.165, 1.54) is 5.56 Å². The van der Waals surface area contributed by atoms with Crippen molar-refractivity contribution in [1.29, 1.82) is 0 Å². The first kappa shape index (κ1) is 24.8. The van der Waals surface area contributed by atoms with E-state index < -0.39 is 0 Å². The van der Waals surface area contributed by atoms with Gasteiger partial charge in [0.15, 0.2) is 0 Å². The average molecular weight is 517 g/mol. The molecule has 0 bridgehead atoms. The number of methoxy groups -OCH3 is 1. The van der Waals surface area contributed by atoms with Crippen molar-refractivity contribution in [3.63, 3.8) is 0 Å². The molecule has 3 heterocycles. The fourth-order valence-corrected chi connectivity index (χ4v) is 5.47. The number of aromatic nitrogens is 3. The minimum Gasteiger partial charge on any atom is -0.496 e. The molecule has 1 fully saturated rings. The van der Waals surface area contributed by atoms with Gasteiger partial charge in [-0.25, -0.2) is 0 Å². The number of nitrogens with zero attached hydrogens (tertiary/aromatic N) is 4. The van der Waals surface area contributed by atoms with Crippen LogP contribution < -0.4 is 20.3 Å². The lowest BCUT2D eigenvalue weighted by Crippen LogP contribution is -2.40. The topological polar surface area (TPSA) is 84.3 Å². The SMILES string of the molecule is COc1ccccc1CNC(=O)C1CCN(c2nnc(-n3cccc3CNc3ccc(C)cc3)s2)CC1. The number of aryl methyl sites for hydroxylation is 1. The Labute approximate surface area is 221 Å². The molecule has 0 saturated carbocycles. The van der Waals surface area contributed by atoms with Crippen LogP contribution in [-0.2, 0) is 17.9 Å². The van der Waals surface area contributed by atoms with Crippen LogP contribution in [0, 0.1) is 12.8 Å². The van der Waals surface area contributed by atoms with Crippen LogP contribution in [0.2, 0.25) is 0 Å². The standard InChI is InChI=1S/C28H32N6O2S/c1-20-9-11-23(12-10-20)29-19-24-7-5-15-34(24)28-32-31-27(37-28)33-16-13-21(14-17-33)26(35)30-18-22-6-3-4-8-25(22)36-2/h3-12,15,21,29H,13-14,16-19H2,1-2H3,(H,30,35). The molecule has 5 rings (SSSR count). The van der Waals surface area contributed by atoms with E-state index in [1.54, 1.807) is 18.4 Å². The third-order valence-corrected chi connectivity index (χ3v) is 7.73. The zero-order chi connectivity index (χ0) is 25.6. The molecule has 4 aromatic rings. The highest BCUT2D eigenvalue weighted by Gasteiger charge is 2.27. The Morgan fingerprint density at radius 2 is 1.76 bits per heavy atom. The van der Waals surface area contributed by atoms with Gasteiger partial charge in [0, 0.05) is 48.7 Å². The number of amides is 1. The zero-order valence-corrected chi connectivity index (χ0v) is 22.0. The smallest absolute Gasteiger partial charge is 0.223 e. The van der Waals surface area contributed by atoms with Crippen molar-refractivity contribution in [3.8, 4) is 10.9 Å². The highest BCUT2D eigenvalue weighted by atomic mass is 32.1. The van der Waals surface area contributed by atoms with Crippen LogP contribution in [0.5, 0.6) is 5.75 Å². The Bertz CT molecular complexity index is 1320. The maximum Gasteiger partial charge on any atom is 0.223 e. The van der Waals surface area contributed by atoms with E-state index in [0.717, 1.165) is 58.9 Å². The number of benzene rings is 2. The van der Waals surface area contributed by atoms with Gasteiger partial charge in [0.2, 0.25) is 16.2 Å². The Kier molecular flexibility index (Phi) is 7.70. The summed E-state index contributed by atoms with van der Waals surface area (Å²) in [4.78, 5) is 15.0. The van der Waals surface area contributed by atoms with Gasteiger partial charge in [-0.3, -0.25) is 9.36 Å². The molecule has 0 unspecified atom stereocenters. The number of hydrogen-bond donors (Lipinski definition) is 2. The first-order chi connectivity index (χ1) is 18.1. The zero-order valence-electron chi connectivity index (χ0n) is 21.2. The Morgan fingerprint density at radius 1 is 1.00 bits per heavy atom. The van der Waals surface area contributed by atoms with E-state index in [2.05, 4.69) is 67.6 Å². The number of carbonyl (C=O) groups is 1. The van der Waals surface area contributed by atoms with Gasteiger partial charge in [-0.15, -0.1) is 10.2 Å². The van der Waals surface area contributed by atoms with Crippen LogP contribution in [0.3, 0.4) is 0 Å². The maximum atomic E-state index is 12.8. The molecule has 1 saturated heterocycles. The lowest BCUT2D eigenvalue weighted by atomic mass is 9.96. The number of ether oxygens (including phenoxy) is 1. The molecule has 192 valence electrons. The van der Waals surface area contributed by atoms with E-state index in [9.17, 15) is 4.79 Å². The summed E-state index contributed by atoms with van der Waals surface area (Å²) in [7, 11) is 1.65. The van der Waals surface area contributed by atoms with Gasteiger partial charge in [0.1, 0.15) is 5.75 Å². The van der Waals surface area contributed by atoms with E-state index in [-0.39, 0.29) is 11.8 Å². The van der Waals surface area contributed by atoms with Gasteiger partial charge < -0.3 is 20.3 Å². The Morgan fingerprint density at radius 3 is 2.54 bits per heavy atom. The predicted octanol–water partition coefficient (Wildman–Crippen LogP) is 4.79. The van der Waals surface area contributed by atoms with Crippen molar-refractivity contribution in [2.24, 2.45) is 5.92 Å². The summed E-state index contributed by atoms with van der Waals surface area (Å²) in [6.07, 6.45) is 3.61. The van der Waals surface area contributed by atoms with Crippen LogP contribution in [0.15, 0.2) is 66.9 Å². The summed E-state index contributed by atoms with van der Waals surface area (Å²) in [6.45, 7) is 4.83. The molecule has 0 atom stereocenters. The van der Waals surface area contributed by atoms with Gasteiger partial charge in [0.25, 0.3) is 0 Å². The van der Waals surface area contributed by atoms with E-state index in [0.29, 0.717) is 13.1 Å². The molecule has 9 heteroatoms. The third-order valence-electron chi connectivity index (χ3n) is 6.75. The molecule has 2 aromatic heterocycles. The van der Waals surface area contributed by atoms with Gasteiger partial charge in [0.05, 0.1) is 13.7 Å². The van der Waals surface area contributed by atoms with E-state index in [1.807, 2.05) is 36.5 Å². The quantitative estimate of drug-likeness (QED) is 0.333. The molecular weight excluding hydrogens is 484 g/mol. The highest BCUT2D eigenvalue weighted by Crippen LogP contribution is 2.29. The molecule has 0 radical (unpaired) electrons. The van der Waals surface area contributed by atoms with Crippen molar-refractivity contribution in [3.05, 3.63) is 83.7 Å². The van der Waals surface area contributed by atoms with Crippen molar-refractivity contribution in [1.82, 2.24) is 20.1 Å². The van der Waals surface area contributed by atoms with Gasteiger partial charge in [-0.1, -0.05) is 47.2 Å². The lowest BCUT2D eigenvalue weighted by Gasteiger charge is -2.30. The van der Waals surface area contributed by atoms with Crippen molar-refractivity contribution in [2.45, 2.75) is 32.9 Å². The fourth-order valence-electron chi connectivity index (χ4n) is 4.55. The second-order valence-electron chi connectivity index (χ2n) is 9.25. The summed E-state index contributed by atoms with van der Waals surface area (Å²) >= 11 is 1.58. The molecule has 1 aliphatic heterocycles. The molecule has 1 amide bonds.